The van der Waals surface area contributed by atoms with Crippen molar-refractivity contribution < 1.29 is 25.2 Å². The average molecular weight is 274 g/mol. The molecule has 5 atom stereocenters. The molecule has 1 unspecified atom stereocenters. The van der Waals surface area contributed by atoms with Crippen LogP contribution in [0.1, 0.15) is 40.0 Å². The fourth-order valence-electron chi connectivity index (χ4n) is 3.75. The molecule has 5 nitrogen and oxygen atoms in total. The van der Waals surface area contributed by atoms with Gasteiger partial charge in [-0.3, -0.25) is 0 Å². The van der Waals surface area contributed by atoms with Crippen molar-refractivity contribution in [3.63, 3.8) is 0 Å². The van der Waals surface area contributed by atoms with E-state index in [-0.39, 0.29) is 6.61 Å². The summed E-state index contributed by atoms with van der Waals surface area (Å²) >= 11 is 0. The second-order valence-corrected chi connectivity index (χ2v) is 7.17. The van der Waals surface area contributed by atoms with Crippen LogP contribution in [-0.2, 0) is 4.74 Å². The van der Waals surface area contributed by atoms with E-state index in [1.54, 1.807) is 0 Å². The van der Waals surface area contributed by atoms with Gasteiger partial charge in [-0.15, -0.1) is 0 Å². The molecular weight excluding hydrogens is 248 g/mol. The third-order valence-electron chi connectivity index (χ3n) is 5.13. The Kier molecular flexibility index (Phi) is 3.73. The number of rotatable bonds is 1. The van der Waals surface area contributed by atoms with Crippen LogP contribution in [0, 0.1) is 10.8 Å². The molecule has 112 valence electrons. The van der Waals surface area contributed by atoms with E-state index in [1.165, 1.54) is 0 Å². The molecule has 1 heterocycles. The highest BCUT2D eigenvalue weighted by Gasteiger charge is 2.64. The predicted molar refractivity (Wildman–Crippen MR) is 69.5 cm³/mol. The topological polar surface area (TPSA) is 90.2 Å². The fourth-order valence-corrected chi connectivity index (χ4v) is 3.75. The molecule has 1 saturated heterocycles. The lowest BCUT2D eigenvalue weighted by atomic mass is 9.56. The molecule has 0 radical (unpaired) electrons. The molecule has 0 amide bonds. The van der Waals surface area contributed by atoms with Crippen molar-refractivity contribution in [1.29, 1.82) is 0 Å². The van der Waals surface area contributed by atoms with Crippen LogP contribution in [0.25, 0.3) is 0 Å². The Hall–Kier alpha value is -0.200. The number of hydrogen-bond donors (Lipinski definition) is 4. The first-order valence-corrected chi connectivity index (χ1v) is 6.99. The molecule has 2 fully saturated rings. The van der Waals surface area contributed by atoms with Gasteiger partial charge in [-0.05, 0) is 24.7 Å². The quantitative estimate of drug-likeness (QED) is 0.542. The number of fused-ring (bicyclic) bond motifs is 2. The third kappa shape index (κ3) is 2.03. The van der Waals surface area contributed by atoms with Crippen molar-refractivity contribution in [3.8, 4) is 0 Å². The summed E-state index contributed by atoms with van der Waals surface area (Å²) in [5, 5.41) is 40.7. The van der Waals surface area contributed by atoms with Crippen LogP contribution >= 0.6 is 0 Å². The first-order valence-electron chi connectivity index (χ1n) is 6.99. The Bertz CT molecular complexity index is 339. The molecule has 0 aromatic rings. The van der Waals surface area contributed by atoms with Crippen LogP contribution in [0.15, 0.2) is 0 Å². The van der Waals surface area contributed by atoms with E-state index in [0.29, 0.717) is 25.9 Å². The van der Waals surface area contributed by atoms with Crippen molar-refractivity contribution in [2.45, 2.75) is 63.9 Å². The van der Waals surface area contributed by atoms with Crippen molar-refractivity contribution in [2.75, 3.05) is 13.2 Å². The van der Waals surface area contributed by atoms with Gasteiger partial charge in [0.15, 0.2) is 0 Å². The second-order valence-electron chi connectivity index (χ2n) is 7.17. The molecule has 1 aliphatic heterocycles. The molecular formula is C14H26O5. The summed E-state index contributed by atoms with van der Waals surface area (Å²) in [5.41, 5.74) is -2.13. The summed E-state index contributed by atoms with van der Waals surface area (Å²) in [6, 6.07) is 0. The van der Waals surface area contributed by atoms with Crippen LogP contribution in [0.3, 0.4) is 0 Å². The molecule has 2 aliphatic rings. The number of hydrogen-bond acceptors (Lipinski definition) is 5. The number of aliphatic hydroxyl groups excluding tert-OH is 4. The van der Waals surface area contributed by atoms with Crippen LogP contribution in [0.2, 0.25) is 0 Å². The molecule has 0 aromatic heterocycles. The number of ether oxygens (including phenoxy) is 1. The molecule has 2 bridgehead atoms. The zero-order chi connectivity index (χ0) is 14.5. The molecule has 4 N–H and O–H groups in total. The maximum atomic E-state index is 10.5. The Morgan fingerprint density at radius 2 is 1.79 bits per heavy atom. The fraction of sp³-hybridized carbons (Fsp3) is 1.00. The number of aliphatic hydroxyl groups is 4. The zero-order valence-corrected chi connectivity index (χ0v) is 12.0. The molecule has 5 heteroatoms. The first kappa shape index (κ1) is 15.2. The minimum Gasteiger partial charge on any atom is -0.396 e. The smallest absolute Gasteiger partial charge is 0.112 e. The minimum atomic E-state index is -1.29. The van der Waals surface area contributed by atoms with E-state index in [1.807, 2.05) is 20.8 Å². The standard InChI is InChI=1S/C14H26O5/c1-12(2,3)14-7-13(8-15,5-4-6-19-14)10(17)9(16)11(14)18/h9-11,15-18H,4-8H2,1-3H3/t9-,10-,11+,13+,14?/m0/s1. The van der Waals surface area contributed by atoms with Crippen molar-refractivity contribution in [3.05, 3.63) is 0 Å². The van der Waals surface area contributed by atoms with Gasteiger partial charge in [0, 0.05) is 12.0 Å². The normalized spacial score (nSPS) is 47.8. The Morgan fingerprint density at radius 1 is 1.16 bits per heavy atom. The van der Waals surface area contributed by atoms with E-state index in [9.17, 15) is 20.4 Å². The highest BCUT2D eigenvalue weighted by molar-refractivity contribution is 5.14. The maximum Gasteiger partial charge on any atom is 0.112 e. The Labute approximate surface area is 114 Å². The predicted octanol–water partition coefficient (Wildman–Crippen LogP) is 0.0468. The Balaban J connectivity index is 2.52. The SMILES string of the molecule is CC(C)(C)C12C[C@@](CO)(CCCO1)[C@@H](O)[C@H](O)[C@H]2O. The van der Waals surface area contributed by atoms with Crippen LogP contribution in [0.5, 0.6) is 0 Å². The van der Waals surface area contributed by atoms with E-state index in [4.69, 9.17) is 4.74 Å². The summed E-state index contributed by atoms with van der Waals surface area (Å²) in [4.78, 5) is 0. The van der Waals surface area contributed by atoms with Gasteiger partial charge < -0.3 is 25.2 Å². The van der Waals surface area contributed by atoms with Crippen molar-refractivity contribution in [2.24, 2.45) is 10.8 Å². The third-order valence-corrected chi connectivity index (χ3v) is 5.13. The molecule has 19 heavy (non-hydrogen) atoms. The molecule has 1 aliphatic carbocycles. The highest BCUT2D eigenvalue weighted by atomic mass is 16.5. The lowest BCUT2D eigenvalue weighted by Gasteiger charge is -2.57. The van der Waals surface area contributed by atoms with Crippen LogP contribution in [0.4, 0.5) is 0 Å². The van der Waals surface area contributed by atoms with Gasteiger partial charge in [-0.1, -0.05) is 20.8 Å². The summed E-state index contributed by atoms with van der Waals surface area (Å²) in [6.07, 6.45) is -1.91. The molecule has 2 rings (SSSR count). The van der Waals surface area contributed by atoms with E-state index in [2.05, 4.69) is 0 Å². The zero-order valence-electron chi connectivity index (χ0n) is 12.0. The van der Waals surface area contributed by atoms with Gasteiger partial charge in [-0.2, -0.15) is 0 Å². The summed E-state index contributed by atoms with van der Waals surface area (Å²) in [5.74, 6) is 0. The van der Waals surface area contributed by atoms with Gasteiger partial charge in [0.2, 0.25) is 0 Å². The summed E-state index contributed by atoms with van der Waals surface area (Å²) < 4.78 is 5.95. The van der Waals surface area contributed by atoms with E-state index in [0.717, 1.165) is 0 Å². The lowest BCUT2D eigenvalue weighted by Crippen LogP contribution is -2.69. The second kappa shape index (κ2) is 4.67. The van der Waals surface area contributed by atoms with Gasteiger partial charge >= 0.3 is 0 Å². The molecule has 0 aromatic carbocycles. The van der Waals surface area contributed by atoms with Gasteiger partial charge in [0.05, 0.1) is 12.7 Å². The highest BCUT2D eigenvalue weighted by Crippen LogP contribution is 2.54. The van der Waals surface area contributed by atoms with Gasteiger partial charge in [0.25, 0.3) is 0 Å². The van der Waals surface area contributed by atoms with Crippen LogP contribution in [-0.4, -0.2) is 57.6 Å². The van der Waals surface area contributed by atoms with Crippen molar-refractivity contribution in [1.82, 2.24) is 0 Å². The maximum absolute atomic E-state index is 10.5. The monoisotopic (exact) mass is 274 g/mol. The molecule has 1 saturated carbocycles. The van der Waals surface area contributed by atoms with Gasteiger partial charge in [0.1, 0.15) is 17.8 Å². The van der Waals surface area contributed by atoms with Crippen LogP contribution < -0.4 is 0 Å². The largest absolute Gasteiger partial charge is 0.396 e. The van der Waals surface area contributed by atoms with Gasteiger partial charge in [-0.25, -0.2) is 0 Å². The lowest BCUT2D eigenvalue weighted by molar-refractivity contribution is -0.272. The van der Waals surface area contributed by atoms with E-state index < -0.39 is 34.7 Å². The summed E-state index contributed by atoms with van der Waals surface area (Å²) in [6.45, 7) is 6.12. The summed E-state index contributed by atoms with van der Waals surface area (Å²) in [7, 11) is 0. The van der Waals surface area contributed by atoms with Crippen molar-refractivity contribution >= 4 is 0 Å². The minimum absolute atomic E-state index is 0.209. The first-order chi connectivity index (χ1) is 8.70. The molecule has 0 spiro atoms. The average Bonchev–Trinajstić information content (AvgIpc) is 2.54. The van der Waals surface area contributed by atoms with E-state index >= 15 is 0 Å². The Morgan fingerprint density at radius 3 is 2.32 bits per heavy atom.